The van der Waals surface area contributed by atoms with Gasteiger partial charge in [-0.15, -0.1) is 0 Å². The van der Waals surface area contributed by atoms with Crippen LogP contribution < -0.4 is 10.6 Å². The van der Waals surface area contributed by atoms with Crippen molar-refractivity contribution >= 4 is 28.2 Å². The molecule has 1 aliphatic rings. The number of aryl methyl sites for hydroxylation is 1. The Labute approximate surface area is 158 Å². The first-order chi connectivity index (χ1) is 12.8. The number of aromatic nitrogens is 3. The van der Waals surface area contributed by atoms with E-state index in [1.165, 1.54) is 12.1 Å². The fraction of sp³-hybridized carbons (Fsp3) is 0.333. The average Bonchev–Trinajstić information content (AvgIpc) is 2.99. The van der Waals surface area contributed by atoms with Crippen LogP contribution in [0.4, 0.5) is 18.9 Å². The molecule has 2 aromatic heterocycles. The second-order valence-electron chi connectivity index (χ2n) is 6.80. The molecule has 2 N–H and O–H groups in total. The second-order valence-corrected chi connectivity index (χ2v) is 7.23. The van der Waals surface area contributed by atoms with E-state index >= 15 is 0 Å². The van der Waals surface area contributed by atoms with Crippen molar-refractivity contribution in [3.05, 3.63) is 52.9 Å². The quantitative estimate of drug-likeness (QED) is 0.705. The monoisotopic (exact) mass is 395 g/mol. The van der Waals surface area contributed by atoms with Gasteiger partial charge in [-0.3, -0.25) is 4.68 Å². The molecule has 0 radical (unpaired) electrons. The normalized spacial score (nSPS) is 16.3. The summed E-state index contributed by atoms with van der Waals surface area (Å²) in [6, 6.07) is 7.59. The molecule has 1 aromatic carbocycles. The van der Waals surface area contributed by atoms with Gasteiger partial charge in [0.2, 0.25) is 0 Å². The molecule has 0 amide bonds. The van der Waals surface area contributed by atoms with Crippen LogP contribution in [0.2, 0.25) is 5.02 Å². The lowest BCUT2D eigenvalue weighted by Gasteiger charge is -2.43. The first-order valence-corrected chi connectivity index (χ1v) is 8.80. The number of nitrogens with one attached hydrogen (secondary N) is 2. The Morgan fingerprint density at radius 2 is 2.04 bits per heavy atom. The molecule has 1 saturated heterocycles. The van der Waals surface area contributed by atoms with Gasteiger partial charge in [0, 0.05) is 41.9 Å². The maximum Gasteiger partial charge on any atom is 0.433 e. The summed E-state index contributed by atoms with van der Waals surface area (Å²) in [6.07, 6.45) is -2.64. The molecular weight excluding hydrogens is 379 g/mol. The average molecular weight is 396 g/mol. The largest absolute Gasteiger partial charge is 0.433 e. The number of hydrogen-bond donors (Lipinski definition) is 2. The Hall–Kier alpha value is -2.32. The van der Waals surface area contributed by atoms with Gasteiger partial charge in [0.1, 0.15) is 11.2 Å². The number of halogens is 4. The number of alkyl halides is 3. The summed E-state index contributed by atoms with van der Waals surface area (Å²) in [7, 11) is 0. The van der Waals surface area contributed by atoms with E-state index in [2.05, 4.69) is 20.7 Å². The van der Waals surface area contributed by atoms with Crippen molar-refractivity contribution in [1.29, 1.82) is 0 Å². The van der Waals surface area contributed by atoms with Crippen LogP contribution in [0.15, 0.2) is 36.5 Å². The van der Waals surface area contributed by atoms with Gasteiger partial charge in [-0.1, -0.05) is 11.6 Å². The van der Waals surface area contributed by atoms with Crippen LogP contribution in [-0.2, 0) is 11.7 Å². The molecule has 1 fully saturated rings. The number of nitrogens with zero attached hydrogens (tertiary/aromatic N) is 3. The molecule has 0 bridgehead atoms. The SMILES string of the molecule is Cc1ccn(C2(CNc3cc(C(F)(F)F)nc4ccc(Cl)cc34)CNC2)n1. The number of rotatable bonds is 4. The summed E-state index contributed by atoms with van der Waals surface area (Å²) in [4.78, 5) is 3.73. The van der Waals surface area contributed by atoms with E-state index in [-0.39, 0.29) is 11.1 Å². The minimum atomic E-state index is -4.53. The van der Waals surface area contributed by atoms with Crippen LogP contribution in [0.25, 0.3) is 10.9 Å². The minimum absolute atomic E-state index is 0.243. The van der Waals surface area contributed by atoms with Crippen LogP contribution in [0.1, 0.15) is 11.4 Å². The summed E-state index contributed by atoms with van der Waals surface area (Å²) in [5.74, 6) is 0. The lowest BCUT2D eigenvalue weighted by molar-refractivity contribution is -0.140. The zero-order valence-electron chi connectivity index (χ0n) is 14.4. The van der Waals surface area contributed by atoms with Crippen LogP contribution in [-0.4, -0.2) is 34.4 Å². The molecule has 0 aliphatic carbocycles. The van der Waals surface area contributed by atoms with Crippen molar-refractivity contribution in [3.63, 3.8) is 0 Å². The van der Waals surface area contributed by atoms with E-state index in [9.17, 15) is 13.2 Å². The molecule has 0 atom stereocenters. The summed E-state index contributed by atoms with van der Waals surface area (Å²) >= 11 is 6.05. The highest BCUT2D eigenvalue weighted by atomic mass is 35.5. The zero-order valence-corrected chi connectivity index (χ0v) is 15.2. The van der Waals surface area contributed by atoms with Gasteiger partial charge < -0.3 is 10.6 Å². The van der Waals surface area contributed by atoms with Gasteiger partial charge in [-0.25, -0.2) is 4.98 Å². The molecule has 0 saturated carbocycles. The minimum Gasteiger partial charge on any atom is -0.382 e. The number of pyridine rings is 1. The predicted octanol–water partition coefficient (Wildman–Crippen LogP) is 3.82. The van der Waals surface area contributed by atoms with Crippen molar-refractivity contribution < 1.29 is 13.2 Å². The summed E-state index contributed by atoms with van der Waals surface area (Å²) in [6.45, 7) is 3.68. The van der Waals surface area contributed by atoms with Crippen LogP contribution in [0.3, 0.4) is 0 Å². The maximum absolute atomic E-state index is 13.3. The molecule has 1 aliphatic heterocycles. The first kappa shape index (κ1) is 18.1. The Morgan fingerprint density at radius 3 is 2.63 bits per heavy atom. The first-order valence-electron chi connectivity index (χ1n) is 8.42. The van der Waals surface area contributed by atoms with E-state index in [0.29, 0.717) is 35.7 Å². The zero-order chi connectivity index (χ0) is 19.2. The number of fused-ring (bicyclic) bond motifs is 1. The Bertz CT molecular complexity index is 994. The van der Waals surface area contributed by atoms with Crippen LogP contribution in [0.5, 0.6) is 0 Å². The molecule has 0 spiro atoms. The van der Waals surface area contributed by atoms with Gasteiger partial charge in [-0.05, 0) is 37.3 Å². The smallest absolute Gasteiger partial charge is 0.382 e. The molecule has 5 nitrogen and oxygen atoms in total. The molecule has 3 aromatic rings. The Kier molecular flexibility index (Phi) is 4.27. The van der Waals surface area contributed by atoms with Crippen molar-refractivity contribution in [2.24, 2.45) is 0 Å². The standard InChI is InChI=1S/C18H17ClF3N5/c1-11-4-5-27(26-11)17(8-23-9-17)10-24-15-7-16(18(20,21)22)25-14-3-2-12(19)6-13(14)15/h2-7,23H,8-10H2,1H3,(H,24,25). The molecule has 4 rings (SSSR count). The van der Waals surface area contributed by atoms with Crippen molar-refractivity contribution in [2.75, 3.05) is 25.0 Å². The van der Waals surface area contributed by atoms with Gasteiger partial charge >= 0.3 is 6.18 Å². The molecule has 142 valence electrons. The molecule has 3 heterocycles. The molecular formula is C18H17ClF3N5. The Morgan fingerprint density at radius 1 is 1.26 bits per heavy atom. The van der Waals surface area contributed by atoms with Gasteiger partial charge in [0.25, 0.3) is 0 Å². The van der Waals surface area contributed by atoms with E-state index < -0.39 is 11.9 Å². The number of benzene rings is 1. The predicted molar refractivity (Wildman–Crippen MR) is 98.1 cm³/mol. The van der Waals surface area contributed by atoms with Crippen molar-refractivity contribution in [2.45, 2.75) is 18.6 Å². The second kappa shape index (κ2) is 6.38. The van der Waals surface area contributed by atoms with E-state index in [4.69, 9.17) is 11.6 Å². The lowest BCUT2D eigenvalue weighted by Crippen LogP contribution is -2.64. The topological polar surface area (TPSA) is 54.8 Å². The summed E-state index contributed by atoms with van der Waals surface area (Å²) in [5.41, 5.74) is 0.218. The summed E-state index contributed by atoms with van der Waals surface area (Å²) < 4.78 is 41.6. The third kappa shape index (κ3) is 3.35. The Balaban J connectivity index is 1.71. The van der Waals surface area contributed by atoms with Gasteiger partial charge in [0.05, 0.1) is 11.2 Å². The maximum atomic E-state index is 13.3. The third-order valence-electron chi connectivity index (χ3n) is 4.79. The highest BCUT2D eigenvalue weighted by Gasteiger charge is 2.40. The van der Waals surface area contributed by atoms with Gasteiger partial charge in [-0.2, -0.15) is 18.3 Å². The highest BCUT2D eigenvalue weighted by molar-refractivity contribution is 6.31. The van der Waals surface area contributed by atoms with Crippen molar-refractivity contribution in [3.8, 4) is 0 Å². The molecule has 27 heavy (non-hydrogen) atoms. The molecule has 9 heteroatoms. The van der Waals surface area contributed by atoms with Gasteiger partial charge in [0.15, 0.2) is 0 Å². The van der Waals surface area contributed by atoms with Crippen LogP contribution in [0, 0.1) is 6.92 Å². The lowest BCUT2D eigenvalue weighted by atomic mass is 9.92. The summed E-state index contributed by atoms with van der Waals surface area (Å²) in [5, 5.41) is 11.9. The van der Waals surface area contributed by atoms with Crippen molar-refractivity contribution in [1.82, 2.24) is 20.1 Å². The van der Waals surface area contributed by atoms with Crippen LogP contribution >= 0.6 is 11.6 Å². The fourth-order valence-corrected chi connectivity index (χ4v) is 3.38. The fourth-order valence-electron chi connectivity index (χ4n) is 3.21. The number of anilines is 1. The van der Waals surface area contributed by atoms with E-state index in [0.717, 1.165) is 11.8 Å². The third-order valence-corrected chi connectivity index (χ3v) is 5.02. The number of hydrogen-bond acceptors (Lipinski definition) is 4. The molecule has 0 unspecified atom stereocenters. The van der Waals surface area contributed by atoms with E-state index in [1.54, 1.807) is 6.07 Å². The van der Waals surface area contributed by atoms with E-state index in [1.807, 2.05) is 23.9 Å². The highest BCUT2D eigenvalue weighted by Crippen LogP contribution is 2.34.